The van der Waals surface area contributed by atoms with Crippen molar-refractivity contribution in [2.45, 2.75) is 5.92 Å². The first-order chi connectivity index (χ1) is 10.1. The molecule has 1 aromatic heterocycles. The molecule has 106 valence electrons. The van der Waals surface area contributed by atoms with Crippen LogP contribution in [0.25, 0.3) is 0 Å². The van der Waals surface area contributed by atoms with Crippen molar-refractivity contribution in [2.24, 2.45) is 0 Å². The van der Waals surface area contributed by atoms with E-state index in [1.165, 1.54) is 6.07 Å². The largest absolute Gasteiger partial charge is 0.454 e. The Morgan fingerprint density at radius 3 is 2.71 bits per heavy atom. The highest BCUT2D eigenvalue weighted by molar-refractivity contribution is 7.20. The van der Waals surface area contributed by atoms with E-state index in [-0.39, 0.29) is 22.5 Å². The summed E-state index contributed by atoms with van der Waals surface area (Å²) in [5.41, 5.74) is 0.793. The van der Waals surface area contributed by atoms with Gasteiger partial charge >= 0.3 is 0 Å². The van der Waals surface area contributed by atoms with Crippen LogP contribution in [0.3, 0.4) is 0 Å². The third-order valence-corrected chi connectivity index (χ3v) is 4.53. The number of rotatable bonds is 3. The lowest BCUT2D eigenvalue weighted by molar-refractivity contribution is 0.0979. The molecule has 21 heavy (non-hydrogen) atoms. The Kier molecular flexibility index (Phi) is 3.77. The van der Waals surface area contributed by atoms with Crippen LogP contribution in [0.1, 0.15) is 21.8 Å². The Labute approximate surface area is 134 Å². The molecule has 1 aromatic carbocycles. The number of ether oxygens (including phenoxy) is 2. The number of benzene rings is 1. The van der Waals surface area contributed by atoms with E-state index < -0.39 is 5.92 Å². The van der Waals surface area contributed by atoms with Gasteiger partial charge in [0.1, 0.15) is 10.3 Å². The number of nitrogens with zero attached hydrogens (tertiary/aromatic N) is 1. The molecule has 0 fully saturated rings. The average Bonchev–Trinajstić information content (AvgIpc) is 3.05. The number of thiophene rings is 1. The molecule has 1 atom stereocenters. The van der Waals surface area contributed by atoms with Crippen LogP contribution in [-0.2, 0) is 0 Å². The number of fused-ring (bicyclic) bond motifs is 1. The summed E-state index contributed by atoms with van der Waals surface area (Å²) in [6, 6.07) is 8.46. The van der Waals surface area contributed by atoms with Gasteiger partial charge in [0.2, 0.25) is 6.79 Å². The van der Waals surface area contributed by atoms with Gasteiger partial charge in [-0.3, -0.25) is 4.79 Å². The minimum atomic E-state index is -0.970. The van der Waals surface area contributed by atoms with Crippen LogP contribution in [-0.4, -0.2) is 12.6 Å². The van der Waals surface area contributed by atoms with Crippen molar-refractivity contribution >= 4 is 40.3 Å². The summed E-state index contributed by atoms with van der Waals surface area (Å²) in [5.74, 6) is -0.235. The molecular formula is C14H7Cl2NO3S. The minimum Gasteiger partial charge on any atom is -0.454 e. The predicted molar refractivity (Wildman–Crippen MR) is 79.6 cm³/mol. The molecule has 1 unspecified atom stereocenters. The SMILES string of the molecule is N#CC(C(=O)c1cc(Cl)sc1Cl)c1ccc2c(c1)OCO2. The van der Waals surface area contributed by atoms with Gasteiger partial charge in [-0.25, -0.2) is 0 Å². The number of nitriles is 1. The second kappa shape index (κ2) is 5.57. The fourth-order valence-electron chi connectivity index (χ4n) is 2.04. The predicted octanol–water partition coefficient (Wildman–Crippen LogP) is 4.27. The summed E-state index contributed by atoms with van der Waals surface area (Å²) < 4.78 is 11.2. The normalized spacial score (nSPS) is 13.8. The zero-order valence-electron chi connectivity index (χ0n) is 10.4. The fraction of sp³-hybridized carbons (Fsp3) is 0.143. The highest BCUT2D eigenvalue weighted by Crippen LogP contribution is 2.37. The molecule has 3 rings (SSSR count). The van der Waals surface area contributed by atoms with Gasteiger partial charge in [-0.1, -0.05) is 29.3 Å². The maximum absolute atomic E-state index is 12.5. The molecule has 4 nitrogen and oxygen atoms in total. The van der Waals surface area contributed by atoms with Gasteiger partial charge in [0, 0.05) is 0 Å². The maximum atomic E-state index is 12.5. The molecule has 0 aliphatic carbocycles. The Morgan fingerprint density at radius 1 is 1.29 bits per heavy atom. The molecule has 0 saturated heterocycles. The molecule has 0 spiro atoms. The quantitative estimate of drug-likeness (QED) is 0.783. The van der Waals surface area contributed by atoms with Crippen molar-refractivity contribution in [3.05, 3.63) is 44.1 Å². The van der Waals surface area contributed by atoms with E-state index in [2.05, 4.69) is 0 Å². The lowest BCUT2D eigenvalue weighted by Crippen LogP contribution is -2.10. The minimum absolute atomic E-state index is 0.135. The van der Waals surface area contributed by atoms with Crippen molar-refractivity contribution in [2.75, 3.05) is 6.79 Å². The molecule has 0 bridgehead atoms. The lowest BCUT2D eigenvalue weighted by atomic mass is 9.93. The van der Waals surface area contributed by atoms with Crippen molar-refractivity contribution in [3.63, 3.8) is 0 Å². The fourth-order valence-corrected chi connectivity index (χ4v) is 3.51. The van der Waals surface area contributed by atoms with Crippen LogP contribution < -0.4 is 9.47 Å². The Morgan fingerprint density at radius 2 is 2.05 bits per heavy atom. The van der Waals surface area contributed by atoms with Crippen molar-refractivity contribution in [1.29, 1.82) is 5.26 Å². The van der Waals surface area contributed by atoms with Crippen LogP contribution in [0, 0.1) is 11.3 Å². The zero-order valence-corrected chi connectivity index (χ0v) is 12.8. The average molecular weight is 340 g/mol. The second-order valence-corrected chi connectivity index (χ2v) is 6.56. The lowest BCUT2D eigenvalue weighted by Gasteiger charge is -2.08. The summed E-state index contributed by atoms with van der Waals surface area (Å²) >= 11 is 12.9. The first-order valence-electron chi connectivity index (χ1n) is 5.88. The molecule has 7 heteroatoms. The maximum Gasteiger partial charge on any atom is 0.231 e. The second-order valence-electron chi connectivity index (χ2n) is 4.28. The first kappa shape index (κ1) is 14.2. The summed E-state index contributed by atoms with van der Waals surface area (Å²) in [7, 11) is 0. The van der Waals surface area contributed by atoms with E-state index in [4.69, 9.17) is 32.7 Å². The van der Waals surface area contributed by atoms with Gasteiger partial charge in [-0.15, -0.1) is 11.3 Å². The summed E-state index contributed by atoms with van der Waals surface area (Å²) in [5, 5.41) is 9.34. The summed E-state index contributed by atoms with van der Waals surface area (Å²) in [4.78, 5) is 12.5. The number of Topliss-reactive ketones (excluding diaryl/α,β-unsaturated/α-hetero) is 1. The molecule has 1 aliphatic heterocycles. The molecule has 0 N–H and O–H groups in total. The van der Waals surface area contributed by atoms with Crippen molar-refractivity contribution < 1.29 is 14.3 Å². The molecule has 1 aliphatic rings. The molecule has 2 aromatic rings. The van der Waals surface area contributed by atoms with Gasteiger partial charge in [0.15, 0.2) is 17.3 Å². The van der Waals surface area contributed by atoms with E-state index in [1.807, 2.05) is 6.07 Å². The molecule has 2 heterocycles. The molecular weight excluding hydrogens is 333 g/mol. The summed E-state index contributed by atoms with van der Waals surface area (Å²) in [6.45, 7) is 0.135. The first-order valence-corrected chi connectivity index (χ1v) is 7.45. The number of carbonyl (C=O) groups is 1. The molecule has 0 amide bonds. The van der Waals surface area contributed by atoms with Gasteiger partial charge in [-0.2, -0.15) is 5.26 Å². The molecule has 0 saturated carbocycles. The van der Waals surface area contributed by atoms with E-state index in [9.17, 15) is 10.1 Å². The number of hydrogen-bond donors (Lipinski definition) is 0. The van der Waals surface area contributed by atoms with Crippen LogP contribution in [0.2, 0.25) is 8.67 Å². The molecule has 0 radical (unpaired) electrons. The number of ketones is 1. The number of halogens is 2. The smallest absolute Gasteiger partial charge is 0.231 e. The van der Waals surface area contributed by atoms with Crippen LogP contribution in [0.5, 0.6) is 11.5 Å². The standard InChI is InChI=1S/C14H7Cl2NO3S/c15-12-4-8(14(16)21-12)13(18)9(5-17)7-1-2-10-11(3-7)20-6-19-10/h1-4,9H,6H2. The van der Waals surface area contributed by atoms with Crippen LogP contribution >= 0.6 is 34.5 Å². The highest BCUT2D eigenvalue weighted by atomic mass is 35.5. The summed E-state index contributed by atoms with van der Waals surface area (Å²) in [6.07, 6.45) is 0. The highest BCUT2D eigenvalue weighted by Gasteiger charge is 2.27. The van der Waals surface area contributed by atoms with Gasteiger partial charge in [-0.05, 0) is 23.8 Å². The van der Waals surface area contributed by atoms with Gasteiger partial charge in [0.05, 0.1) is 16.0 Å². The number of carbonyl (C=O) groups excluding carboxylic acids is 1. The topological polar surface area (TPSA) is 59.3 Å². The van der Waals surface area contributed by atoms with E-state index in [1.54, 1.807) is 18.2 Å². The third kappa shape index (κ3) is 2.58. The Bertz CT molecular complexity index is 766. The van der Waals surface area contributed by atoms with Gasteiger partial charge < -0.3 is 9.47 Å². The van der Waals surface area contributed by atoms with E-state index >= 15 is 0 Å². The number of hydrogen-bond acceptors (Lipinski definition) is 5. The zero-order chi connectivity index (χ0) is 15.0. The van der Waals surface area contributed by atoms with Crippen molar-refractivity contribution in [3.8, 4) is 17.6 Å². The van der Waals surface area contributed by atoms with E-state index in [0.717, 1.165) is 11.3 Å². The Balaban J connectivity index is 1.97. The van der Waals surface area contributed by atoms with Crippen LogP contribution in [0.4, 0.5) is 0 Å². The Hall–Kier alpha value is -1.74. The third-order valence-electron chi connectivity index (χ3n) is 3.04. The van der Waals surface area contributed by atoms with Crippen LogP contribution in [0.15, 0.2) is 24.3 Å². The van der Waals surface area contributed by atoms with Crippen molar-refractivity contribution in [1.82, 2.24) is 0 Å². The monoisotopic (exact) mass is 339 g/mol. The van der Waals surface area contributed by atoms with E-state index in [0.29, 0.717) is 21.4 Å². The van der Waals surface area contributed by atoms with Gasteiger partial charge in [0.25, 0.3) is 0 Å².